The molecule has 3 rings (SSSR count). The number of hydrogen-bond acceptors (Lipinski definition) is 4. The lowest BCUT2D eigenvalue weighted by molar-refractivity contribution is -0.118. The van der Waals surface area contributed by atoms with E-state index in [9.17, 15) is 13.2 Å². The number of carbonyl (C=O) groups excluding carboxylic acids is 1. The van der Waals surface area contributed by atoms with Crippen molar-refractivity contribution in [3.05, 3.63) is 84.4 Å². The molecule has 0 radical (unpaired) electrons. The smallest absolute Gasteiger partial charge is 0.264 e. The number of carbonyl (C=O) groups is 1. The van der Waals surface area contributed by atoms with Gasteiger partial charge in [-0.25, -0.2) is 8.42 Å². The molecule has 0 fully saturated rings. The molecule has 0 aliphatic carbocycles. The van der Waals surface area contributed by atoms with Crippen molar-refractivity contribution in [1.29, 1.82) is 0 Å². The van der Waals surface area contributed by atoms with Crippen molar-refractivity contribution in [2.24, 2.45) is 0 Å². The Hall–Kier alpha value is -3.32. The molecule has 1 amide bonds. The second kappa shape index (κ2) is 9.45. The molecule has 6 nitrogen and oxygen atoms in total. The summed E-state index contributed by atoms with van der Waals surface area (Å²) in [4.78, 5) is 12.2. The fourth-order valence-corrected chi connectivity index (χ4v) is 4.38. The van der Waals surface area contributed by atoms with Gasteiger partial charge in [0.05, 0.1) is 10.6 Å². The topological polar surface area (TPSA) is 75.7 Å². The van der Waals surface area contributed by atoms with Gasteiger partial charge in [-0.1, -0.05) is 35.9 Å². The first-order valence-corrected chi connectivity index (χ1v) is 11.0. The molecule has 0 unspecified atom stereocenters. The van der Waals surface area contributed by atoms with Gasteiger partial charge >= 0.3 is 0 Å². The van der Waals surface area contributed by atoms with Gasteiger partial charge in [-0.05, 0) is 62.4 Å². The normalized spacial score (nSPS) is 11.0. The molecule has 0 saturated carbocycles. The fourth-order valence-electron chi connectivity index (χ4n) is 2.90. The molecule has 3 aromatic carbocycles. The van der Waals surface area contributed by atoms with E-state index in [2.05, 4.69) is 5.32 Å². The fraction of sp³-hybridized carbons (Fsp3) is 0.174. The SMILES string of the molecule is CCN(c1ccc(OCC(=O)Nc2ccccc2)cc1)S(=O)(=O)c1ccc(C)cc1. The van der Waals surface area contributed by atoms with Crippen LogP contribution in [-0.2, 0) is 14.8 Å². The zero-order valence-corrected chi connectivity index (χ0v) is 17.7. The molecular formula is C23H24N2O4S. The highest BCUT2D eigenvalue weighted by molar-refractivity contribution is 7.92. The Morgan fingerprint density at radius 3 is 2.17 bits per heavy atom. The van der Waals surface area contributed by atoms with E-state index in [1.54, 1.807) is 67.6 Å². The van der Waals surface area contributed by atoms with Crippen molar-refractivity contribution >= 4 is 27.3 Å². The standard InChI is InChI=1S/C23H24N2O4S/c1-3-25(30(27,28)22-15-9-18(2)10-16-22)20-11-13-21(14-12-20)29-17-23(26)24-19-7-5-4-6-8-19/h4-16H,3,17H2,1-2H3,(H,24,26). The molecule has 1 N–H and O–H groups in total. The number of nitrogens with zero attached hydrogens (tertiary/aromatic N) is 1. The van der Waals surface area contributed by atoms with Crippen LogP contribution in [0.4, 0.5) is 11.4 Å². The molecule has 0 aromatic heterocycles. The van der Waals surface area contributed by atoms with Crippen molar-refractivity contribution in [2.45, 2.75) is 18.7 Å². The van der Waals surface area contributed by atoms with Crippen LogP contribution in [0.15, 0.2) is 83.8 Å². The highest BCUT2D eigenvalue weighted by atomic mass is 32.2. The van der Waals surface area contributed by atoms with Crippen LogP contribution in [0.5, 0.6) is 5.75 Å². The zero-order valence-electron chi connectivity index (χ0n) is 16.9. The lowest BCUT2D eigenvalue weighted by Gasteiger charge is -2.23. The van der Waals surface area contributed by atoms with Crippen LogP contribution < -0.4 is 14.4 Å². The first kappa shape index (κ1) is 21.4. The summed E-state index contributed by atoms with van der Waals surface area (Å²) in [7, 11) is -3.67. The molecular weight excluding hydrogens is 400 g/mol. The summed E-state index contributed by atoms with van der Waals surface area (Å²) in [6, 6.07) is 22.5. The third-order valence-electron chi connectivity index (χ3n) is 4.45. The lowest BCUT2D eigenvalue weighted by atomic mass is 10.2. The van der Waals surface area contributed by atoms with Gasteiger partial charge < -0.3 is 10.1 Å². The molecule has 7 heteroatoms. The molecule has 0 aliphatic rings. The predicted octanol–water partition coefficient (Wildman–Crippen LogP) is 4.23. The number of nitrogens with one attached hydrogen (secondary N) is 1. The maximum atomic E-state index is 13.0. The van der Waals surface area contributed by atoms with E-state index in [0.29, 0.717) is 17.1 Å². The summed E-state index contributed by atoms with van der Waals surface area (Å²) in [6.45, 7) is 3.83. The molecule has 0 spiro atoms. The van der Waals surface area contributed by atoms with Gasteiger partial charge in [0.2, 0.25) is 0 Å². The molecule has 30 heavy (non-hydrogen) atoms. The summed E-state index contributed by atoms with van der Waals surface area (Å²) in [5, 5.41) is 2.74. The van der Waals surface area contributed by atoms with E-state index in [1.807, 2.05) is 25.1 Å². The number of aryl methyl sites for hydroxylation is 1. The summed E-state index contributed by atoms with van der Waals surface area (Å²) >= 11 is 0. The number of anilines is 2. The van der Waals surface area contributed by atoms with E-state index in [-0.39, 0.29) is 24.0 Å². The van der Waals surface area contributed by atoms with Gasteiger partial charge in [-0.2, -0.15) is 0 Å². The largest absolute Gasteiger partial charge is 0.484 e. The molecule has 3 aromatic rings. The Morgan fingerprint density at radius 2 is 1.57 bits per heavy atom. The van der Waals surface area contributed by atoms with Crippen LogP contribution in [0.3, 0.4) is 0 Å². The molecule has 156 valence electrons. The highest BCUT2D eigenvalue weighted by Crippen LogP contribution is 2.26. The first-order valence-electron chi connectivity index (χ1n) is 9.57. The number of rotatable bonds is 8. The number of ether oxygens (including phenoxy) is 1. The average Bonchev–Trinajstić information content (AvgIpc) is 2.74. The number of benzene rings is 3. The predicted molar refractivity (Wildman–Crippen MR) is 118 cm³/mol. The van der Waals surface area contributed by atoms with Gasteiger partial charge in [0.15, 0.2) is 6.61 Å². The van der Waals surface area contributed by atoms with E-state index in [0.717, 1.165) is 5.56 Å². The minimum absolute atomic E-state index is 0.145. The maximum absolute atomic E-state index is 13.0. The third kappa shape index (κ3) is 5.18. The number of amides is 1. The minimum atomic E-state index is -3.67. The number of sulfonamides is 1. The van der Waals surface area contributed by atoms with Gasteiger partial charge in [0.1, 0.15) is 5.75 Å². The highest BCUT2D eigenvalue weighted by Gasteiger charge is 2.23. The average molecular weight is 425 g/mol. The zero-order chi connectivity index (χ0) is 21.6. The maximum Gasteiger partial charge on any atom is 0.264 e. The molecule has 0 aliphatic heterocycles. The number of hydrogen-bond donors (Lipinski definition) is 1. The Kier molecular flexibility index (Phi) is 6.74. The molecule has 0 atom stereocenters. The van der Waals surface area contributed by atoms with Crippen molar-refractivity contribution in [1.82, 2.24) is 0 Å². The summed E-state index contributed by atoms with van der Waals surface area (Å²) in [5.74, 6) is 0.202. The van der Waals surface area contributed by atoms with Crippen molar-refractivity contribution in [2.75, 3.05) is 22.8 Å². The molecule has 0 bridgehead atoms. The quantitative estimate of drug-likeness (QED) is 0.587. The van der Waals surface area contributed by atoms with E-state index < -0.39 is 10.0 Å². The third-order valence-corrected chi connectivity index (χ3v) is 6.37. The Bertz CT molecular complexity index is 1080. The van der Waals surface area contributed by atoms with Crippen molar-refractivity contribution in [3.63, 3.8) is 0 Å². The lowest BCUT2D eigenvalue weighted by Crippen LogP contribution is -2.30. The van der Waals surface area contributed by atoms with Gasteiger partial charge in [-0.15, -0.1) is 0 Å². The van der Waals surface area contributed by atoms with Crippen LogP contribution in [0.25, 0.3) is 0 Å². The van der Waals surface area contributed by atoms with Crippen LogP contribution in [0.2, 0.25) is 0 Å². The second-order valence-corrected chi connectivity index (χ2v) is 8.54. The van der Waals surface area contributed by atoms with E-state index in [4.69, 9.17) is 4.74 Å². The Morgan fingerprint density at radius 1 is 0.933 bits per heavy atom. The molecule has 0 saturated heterocycles. The van der Waals surface area contributed by atoms with Crippen molar-refractivity contribution < 1.29 is 17.9 Å². The monoisotopic (exact) mass is 424 g/mol. The minimum Gasteiger partial charge on any atom is -0.484 e. The van der Waals surface area contributed by atoms with Crippen LogP contribution in [0, 0.1) is 6.92 Å². The van der Waals surface area contributed by atoms with Crippen molar-refractivity contribution in [3.8, 4) is 5.75 Å². The Labute approximate surface area is 177 Å². The van der Waals surface area contributed by atoms with Gasteiger partial charge in [-0.3, -0.25) is 9.10 Å². The summed E-state index contributed by atoms with van der Waals surface area (Å²) < 4.78 is 32.8. The van der Waals surface area contributed by atoms with Crippen LogP contribution >= 0.6 is 0 Å². The van der Waals surface area contributed by atoms with Gasteiger partial charge in [0, 0.05) is 12.2 Å². The van der Waals surface area contributed by atoms with Crippen LogP contribution in [-0.4, -0.2) is 27.5 Å². The summed E-state index contributed by atoms with van der Waals surface area (Å²) in [6.07, 6.45) is 0. The van der Waals surface area contributed by atoms with Crippen LogP contribution in [0.1, 0.15) is 12.5 Å². The Balaban J connectivity index is 1.66. The van der Waals surface area contributed by atoms with Gasteiger partial charge in [0.25, 0.3) is 15.9 Å². The first-order chi connectivity index (χ1) is 14.4. The molecule has 0 heterocycles. The van der Waals surface area contributed by atoms with E-state index >= 15 is 0 Å². The number of para-hydroxylation sites is 1. The second-order valence-electron chi connectivity index (χ2n) is 6.68. The summed E-state index contributed by atoms with van der Waals surface area (Å²) in [5.41, 5.74) is 2.22. The van der Waals surface area contributed by atoms with E-state index in [1.165, 1.54) is 4.31 Å².